The zero-order chi connectivity index (χ0) is 12.3. The Kier molecular flexibility index (Phi) is 3.78. The van der Waals surface area contributed by atoms with Crippen molar-refractivity contribution >= 4 is 11.4 Å². The van der Waals surface area contributed by atoms with Gasteiger partial charge in [0.2, 0.25) is 0 Å². The summed E-state index contributed by atoms with van der Waals surface area (Å²) in [5, 5.41) is 29.7. The summed E-state index contributed by atoms with van der Waals surface area (Å²) in [7, 11) is 0. The molecule has 0 fully saturated rings. The highest BCUT2D eigenvalue weighted by atomic mass is 16.6. The number of hydrogen-bond donors (Lipinski definition) is 4. The van der Waals surface area contributed by atoms with Crippen LogP contribution >= 0.6 is 0 Å². The number of aliphatic hydroxyl groups excluding tert-OH is 2. The predicted molar refractivity (Wildman–Crippen MR) is 57.5 cm³/mol. The molecule has 7 heteroatoms. The third kappa shape index (κ3) is 2.45. The van der Waals surface area contributed by atoms with Crippen molar-refractivity contribution in [1.82, 2.24) is 0 Å². The Labute approximate surface area is 91.4 Å². The maximum atomic E-state index is 10.7. The number of nitro groups is 1. The molecule has 0 saturated carbocycles. The molecule has 0 aromatic heterocycles. The minimum Gasteiger partial charge on any atom is -0.399 e. The van der Waals surface area contributed by atoms with E-state index >= 15 is 0 Å². The van der Waals surface area contributed by atoms with E-state index in [0.717, 1.165) is 6.07 Å². The summed E-state index contributed by atoms with van der Waals surface area (Å²) < 4.78 is 0. The molecule has 1 aromatic rings. The molecular weight excluding hydrogens is 214 g/mol. The topological polar surface area (TPSA) is 136 Å². The van der Waals surface area contributed by atoms with E-state index in [0.29, 0.717) is 0 Å². The summed E-state index contributed by atoms with van der Waals surface area (Å²) in [6.07, 6.45) is -2.65. The van der Waals surface area contributed by atoms with E-state index in [2.05, 4.69) is 0 Å². The fourth-order valence-corrected chi connectivity index (χ4v) is 1.31. The van der Waals surface area contributed by atoms with Crippen LogP contribution in [0.15, 0.2) is 18.2 Å². The summed E-state index contributed by atoms with van der Waals surface area (Å²) in [6, 6.07) is 3.84. The van der Waals surface area contributed by atoms with Crippen LogP contribution in [0.5, 0.6) is 0 Å². The molecule has 16 heavy (non-hydrogen) atoms. The number of aliphatic hydroxyl groups is 2. The van der Waals surface area contributed by atoms with Crippen LogP contribution < -0.4 is 11.5 Å². The first-order valence-electron chi connectivity index (χ1n) is 4.57. The predicted octanol–water partition coefficient (Wildman–Crippen LogP) is -0.470. The molecule has 2 unspecified atom stereocenters. The Morgan fingerprint density at radius 1 is 1.44 bits per heavy atom. The molecular formula is C9H13N3O4. The van der Waals surface area contributed by atoms with Crippen molar-refractivity contribution in [3.63, 3.8) is 0 Å². The Balaban J connectivity index is 3.17. The molecule has 2 atom stereocenters. The monoisotopic (exact) mass is 227 g/mol. The van der Waals surface area contributed by atoms with Gasteiger partial charge >= 0.3 is 0 Å². The number of rotatable bonds is 4. The van der Waals surface area contributed by atoms with Gasteiger partial charge < -0.3 is 21.7 Å². The summed E-state index contributed by atoms with van der Waals surface area (Å²) >= 11 is 0. The lowest BCUT2D eigenvalue weighted by atomic mass is 10.0. The van der Waals surface area contributed by atoms with Crippen LogP contribution in [0.1, 0.15) is 11.7 Å². The summed E-state index contributed by atoms with van der Waals surface area (Å²) in [5.74, 6) is 0. The van der Waals surface area contributed by atoms with Gasteiger partial charge in [0.15, 0.2) is 0 Å². The van der Waals surface area contributed by atoms with Gasteiger partial charge in [-0.1, -0.05) is 0 Å². The number of anilines is 1. The second-order valence-electron chi connectivity index (χ2n) is 3.32. The van der Waals surface area contributed by atoms with Crippen molar-refractivity contribution in [3.8, 4) is 0 Å². The molecule has 0 aliphatic rings. The maximum absolute atomic E-state index is 10.7. The zero-order valence-electron chi connectivity index (χ0n) is 8.41. The van der Waals surface area contributed by atoms with E-state index < -0.39 is 17.1 Å². The Morgan fingerprint density at radius 3 is 2.56 bits per heavy atom. The van der Waals surface area contributed by atoms with Gasteiger partial charge in [-0.05, 0) is 12.1 Å². The average molecular weight is 227 g/mol. The van der Waals surface area contributed by atoms with Crippen molar-refractivity contribution in [2.75, 3.05) is 12.3 Å². The fraction of sp³-hybridized carbons (Fsp3) is 0.333. The van der Waals surface area contributed by atoms with Crippen molar-refractivity contribution in [3.05, 3.63) is 33.9 Å². The van der Waals surface area contributed by atoms with Gasteiger partial charge in [-0.15, -0.1) is 0 Å². The summed E-state index contributed by atoms with van der Waals surface area (Å²) in [4.78, 5) is 10.0. The lowest BCUT2D eigenvalue weighted by Crippen LogP contribution is -2.27. The van der Waals surface area contributed by atoms with Crippen LogP contribution in [0, 0.1) is 10.1 Å². The third-order valence-corrected chi connectivity index (χ3v) is 2.18. The molecule has 0 heterocycles. The molecule has 7 nitrogen and oxygen atoms in total. The molecule has 1 rings (SSSR count). The zero-order valence-corrected chi connectivity index (χ0v) is 8.41. The smallest absolute Gasteiger partial charge is 0.277 e. The van der Waals surface area contributed by atoms with Crippen molar-refractivity contribution in [1.29, 1.82) is 0 Å². The van der Waals surface area contributed by atoms with Crippen molar-refractivity contribution < 1.29 is 15.1 Å². The van der Waals surface area contributed by atoms with E-state index in [9.17, 15) is 20.3 Å². The van der Waals surface area contributed by atoms with Gasteiger partial charge in [-0.25, -0.2) is 0 Å². The van der Waals surface area contributed by atoms with Crippen molar-refractivity contribution in [2.24, 2.45) is 5.73 Å². The first kappa shape index (κ1) is 12.4. The minimum absolute atomic E-state index is 0.00264. The molecule has 0 aliphatic heterocycles. The number of hydrogen-bond acceptors (Lipinski definition) is 6. The second-order valence-corrected chi connectivity index (χ2v) is 3.32. The van der Waals surface area contributed by atoms with Gasteiger partial charge in [0.1, 0.15) is 6.10 Å². The molecule has 0 bridgehead atoms. The molecule has 0 radical (unpaired) electrons. The van der Waals surface area contributed by atoms with Crippen LogP contribution in [0.2, 0.25) is 0 Å². The average Bonchev–Trinajstić information content (AvgIpc) is 2.26. The number of benzene rings is 1. The maximum Gasteiger partial charge on any atom is 0.277 e. The molecule has 0 spiro atoms. The number of nitro benzene ring substituents is 1. The quantitative estimate of drug-likeness (QED) is 0.312. The van der Waals surface area contributed by atoms with Gasteiger partial charge in [0.25, 0.3) is 5.69 Å². The summed E-state index contributed by atoms with van der Waals surface area (Å²) in [5.41, 5.74) is 10.4. The van der Waals surface area contributed by atoms with E-state index in [1.54, 1.807) is 0 Å². The Hall–Kier alpha value is -1.70. The van der Waals surface area contributed by atoms with Crippen LogP contribution in [0.4, 0.5) is 11.4 Å². The first-order valence-corrected chi connectivity index (χ1v) is 4.57. The largest absolute Gasteiger partial charge is 0.399 e. The normalized spacial score (nSPS) is 14.4. The van der Waals surface area contributed by atoms with Gasteiger partial charge in [-0.2, -0.15) is 0 Å². The summed E-state index contributed by atoms with van der Waals surface area (Å²) in [6.45, 7) is -0.192. The molecule has 1 aromatic carbocycles. The van der Waals surface area contributed by atoms with E-state index in [-0.39, 0.29) is 23.5 Å². The van der Waals surface area contributed by atoms with Crippen molar-refractivity contribution in [2.45, 2.75) is 12.2 Å². The van der Waals surface area contributed by atoms with E-state index in [4.69, 9.17) is 11.5 Å². The van der Waals surface area contributed by atoms with E-state index in [1.807, 2.05) is 0 Å². The molecule has 0 amide bonds. The standard InChI is InChI=1S/C9H13N3O4/c10-4-8(13)9(14)6-2-1-5(11)3-7(6)12(15)16/h1-3,8-9,13-14H,4,10-11H2. The SMILES string of the molecule is NCC(O)C(O)c1ccc(N)cc1[N+](=O)[O-]. The Morgan fingerprint density at radius 2 is 2.06 bits per heavy atom. The lowest BCUT2D eigenvalue weighted by molar-refractivity contribution is -0.386. The van der Waals surface area contributed by atoms with Crippen LogP contribution in [0.3, 0.4) is 0 Å². The Bertz CT molecular complexity index is 396. The number of nitrogen functional groups attached to an aromatic ring is 1. The highest BCUT2D eigenvalue weighted by Crippen LogP contribution is 2.28. The van der Waals surface area contributed by atoms with Crippen LogP contribution in [0.25, 0.3) is 0 Å². The number of nitrogens with zero attached hydrogens (tertiary/aromatic N) is 1. The molecule has 6 N–H and O–H groups in total. The van der Waals surface area contributed by atoms with Gasteiger partial charge in [0.05, 0.1) is 16.6 Å². The first-order chi connectivity index (χ1) is 7.47. The highest BCUT2D eigenvalue weighted by molar-refractivity contribution is 5.53. The molecule has 0 saturated heterocycles. The lowest BCUT2D eigenvalue weighted by Gasteiger charge is -2.16. The van der Waals surface area contributed by atoms with Gasteiger partial charge in [0, 0.05) is 18.3 Å². The third-order valence-electron chi connectivity index (χ3n) is 2.18. The van der Waals surface area contributed by atoms with E-state index in [1.165, 1.54) is 12.1 Å². The van der Waals surface area contributed by atoms with Gasteiger partial charge in [-0.3, -0.25) is 10.1 Å². The molecule has 0 aliphatic carbocycles. The number of nitrogens with two attached hydrogens (primary N) is 2. The highest BCUT2D eigenvalue weighted by Gasteiger charge is 2.25. The van der Waals surface area contributed by atoms with Crippen LogP contribution in [-0.2, 0) is 0 Å². The fourth-order valence-electron chi connectivity index (χ4n) is 1.31. The minimum atomic E-state index is -1.40. The molecule has 88 valence electrons. The second kappa shape index (κ2) is 4.88. The van der Waals surface area contributed by atoms with Crippen LogP contribution in [-0.4, -0.2) is 27.8 Å².